The van der Waals surface area contributed by atoms with Gasteiger partial charge in [-0.1, -0.05) is 29.8 Å². The third-order valence-electron chi connectivity index (χ3n) is 5.11. The van der Waals surface area contributed by atoms with E-state index in [-0.39, 0.29) is 24.0 Å². The van der Waals surface area contributed by atoms with Crippen LogP contribution < -0.4 is 10.1 Å². The largest absolute Gasteiger partial charge is 0.482 e. The molecule has 166 valence electrons. The van der Waals surface area contributed by atoms with Gasteiger partial charge in [-0.05, 0) is 66.1 Å². The van der Waals surface area contributed by atoms with E-state index in [1.807, 2.05) is 6.07 Å². The van der Waals surface area contributed by atoms with Gasteiger partial charge in [-0.15, -0.1) is 0 Å². The Kier molecular flexibility index (Phi) is 6.45. The molecule has 3 aromatic rings. The molecule has 1 aliphatic rings. The molecule has 0 fully saturated rings. The summed E-state index contributed by atoms with van der Waals surface area (Å²) in [6.07, 6.45) is 0.541. The number of nitrogens with zero attached hydrogens (tertiary/aromatic N) is 1. The Hall–Kier alpha value is -2.94. The SMILES string of the molecule is O=C(COc1ccccc1Cl)Nc1ccc2c(c1)CN(S(=O)(=O)c1ccc(F)cc1)CC2. The van der Waals surface area contributed by atoms with Gasteiger partial charge < -0.3 is 10.1 Å². The van der Waals surface area contributed by atoms with Crippen LogP contribution in [-0.4, -0.2) is 31.8 Å². The van der Waals surface area contributed by atoms with Crippen molar-refractivity contribution in [1.82, 2.24) is 4.31 Å². The highest BCUT2D eigenvalue weighted by Gasteiger charge is 2.28. The maximum atomic E-state index is 13.2. The van der Waals surface area contributed by atoms with E-state index >= 15 is 0 Å². The third kappa shape index (κ3) is 4.93. The van der Waals surface area contributed by atoms with Crippen molar-refractivity contribution < 1.29 is 22.3 Å². The van der Waals surface area contributed by atoms with E-state index in [4.69, 9.17) is 16.3 Å². The van der Waals surface area contributed by atoms with Gasteiger partial charge >= 0.3 is 0 Å². The van der Waals surface area contributed by atoms with Gasteiger partial charge in [0.05, 0.1) is 9.92 Å². The van der Waals surface area contributed by atoms with Crippen LogP contribution in [0.2, 0.25) is 5.02 Å². The first-order valence-corrected chi connectivity index (χ1v) is 11.7. The molecule has 1 N–H and O–H groups in total. The molecule has 0 spiro atoms. The highest BCUT2D eigenvalue weighted by molar-refractivity contribution is 7.89. The molecular weight excluding hydrogens is 455 g/mol. The second kappa shape index (κ2) is 9.28. The fourth-order valence-corrected chi connectivity index (χ4v) is 5.08. The Balaban J connectivity index is 1.44. The molecule has 9 heteroatoms. The van der Waals surface area contributed by atoms with Crippen LogP contribution in [0.1, 0.15) is 11.1 Å². The molecule has 32 heavy (non-hydrogen) atoms. The number of anilines is 1. The molecule has 1 aliphatic heterocycles. The molecule has 1 amide bonds. The molecular formula is C23H20ClFN2O4S. The predicted octanol–water partition coefficient (Wildman–Crippen LogP) is 4.24. The summed E-state index contributed by atoms with van der Waals surface area (Å²) in [5.74, 6) is -0.445. The Bertz CT molecular complexity index is 1250. The Labute approximate surface area is 190 Å². The lowest BCUT2D eigenvalue weighted by Crippen LogP contribution is -2.36. The average molecular weight is 475 g/mol. The van der Waals surface area contributed by atoms with Gasteiger partial charge in [0.15, 0.2) is 6.61 Å². The monoisotopic (exact) mass is 474 g/mol. The van der Waals surface area contributed by atoms with Crippen LogP contribution in [0.5, 0.6) is 5.75 Å². The minimum atomic E-state index is -3.75. The van der Waals surface area contributed by atoms with Crippen LogP contribution in [-0.2, 0) is 27.8 Å². The summed E-state index contributed by atoms with van der Waals surface area (Å²) in [5, 5.41) is 3.17. The first-order chi connectivity index (χ1) is 15.3. The van der Waals surface area contributed by atoms with Crippen molar-refractivity contribution in [2.24, 2.45) is 0 Å². The fourth-order valence-electron chi connectivity index (χ4n) is 3.47. The van der Waals surface area contributed by atoms with Crippen LogP contribution in [0.25, 0.3) is 0 Å². The summed E-state index contributed by atoms with van der Waals surface area (Å²) >= 11 is 6.02. The molecule has 1 heterocycles. The number of carbonyl (C=O) groups excluding carboxylic acids is 1. The maximum Gasteiger partial charge on any atom is 0.262 e. The number of sulfonamides is 1. The fraction of sp³-hybridized carbons (Fsp3) is 0.174. The molecule has 0 atom stereocenters. The molecule has 3 aromatic carbocycles. The van der Waals surface area contributed by atoms with Gasteiger partial charge in [0, 0.05) is 18.8 Å². The number of amides is 1. The van der Waals surface area contributed by atoms with Crippen molar-refractivity contribution in [3.8, 4) is 5.75 Å². The second-order valence-electron chi connectivity index (χ2n) is 7.29. The van der Waals surface area contributed by atoms with E-state index < -0.39 is 15.8 Å². The first-order valence-electron chi connectivity index (χ1n) is 9.87. The van der Waals surface area contributed by atoms with Crippen LogP contribution >= 0.6 is 11.6 Å². The number of benzene rings is 3. The van der Waals surface area contributed by atoms with Crippen molar-refractivity contribution in [2.75, 3.05) is 18.5 Å². The quantitative estimate of drug-likeness (QED) is 0.579. The normalized spacial score (nSPS) is 13.9. The van der Waals surface area contributed by atoms with Crippen LogP contribution in [0, 0.1) is 5.82 Å². The number of para-hydroxylation sites is 1. The lowest BCUT2D eigenvalue weighted by molar-refractivity contribution is -0.118. The van der Waals surface area contributed by atoms with E-state index in [0.717, 1.165) is 23.3 Å². The van der Waals surface area contributed by atoms with Crippen molar-refractivity contribution in [2.45, 2.75) is 17.9 Å². The van der Waals surface area contributed by atoms with Crippen molar-refractivity contribution >= 4 is 33.2 Å². The average Bonchev–Trinajstić information content (AvgIpc) is 2.78. The van der Waals surface area contributed by atoms with Crippen molar-refractivity contribution in [3.05, 3.63) is 88.7 Å². The summed E-state index contributed by atoms with van der Waals surface area (Å²) in [6.45, 7) is 0.269. The van der Waals surface area contributed by atoms with Crippen LogP contribution in [0.15, 0.2) is 71.6 Å². The summed E-state index contributed by atoms with van der Waals surface area (Å²) < 4.78 is 45.8. The van der Waals surface area contributed by atoms with Crippen LogP contribution in [0.4, 0.5) is 10.1 Å². The van der Waals surface area contributed by atoms with E-state index in [9.17, 15) is 17.6 Å². The third-order valence-corrected chi connectivity index (χ3v) is 7.29. The zero-order valence-electron chi connectivity index (χ0n) is 16.9. The second-order valence-corrected chi connectivity index (χ2v) is 9.64. The molecule has 0 saturated heterocycles. The number of rotatable bonds is 6. The molecule has 0 unspecified atom stereocenters. The van der Waals surface area contributed by atoms with Gasteiger partial charge in [-0.25, -0.2) is 12.8 Å². The van der Waals surface area contributed by atoms with Gasteiger partial charge in [-0.3, -0.25) is 4.79 Å². The molecule has 6 nitrogen and oxygen atoms in total. The van der Waals surface area contributed by atoms with E-state index in [0.29, 0.717) is 29.4 Å². The molecule has 0 aromatic heterocycles. The smallest absolute Gasteiger partial charge is 0.262 e. The maximum absolute atomic E-state index is 13.2. The lowest BCUT2D eigenvalue weighted by atomic mass is 10.0. The Morgan fingerprint density at radius 2 is 1.81 bits per heavy atom. The number of halogens is 2. The first kappa shape index (κ1) is 22.3. The molecule has 0 saturated carbocycles. The number of carbonyl (C=O) groups is 1. The summed E-state index contributed by atoms with van der Waals surface area (Å²) in [7, 11) is -3.75. The Morgan fingerprint density at radius 3 is 2.56 bits per heavy atom. The standard InChI is InChI=1S/C23H20ClFN2O4S/c24-21-3-1-2-4-22(21)31-15-23(28)26-19-8-5-16-11-12-27(14-17(16)13-19)32(29,30)20-9-6-18(25)7-10-20/h1-10,13H,11-12,14-15H2,(H,26,28). The number of hydrogen-bond acceptors (Lipinski definition) is 4. The zero-order chi connectivity index (χ0) is 22.7. The molecule has 4 rings (SSSR count). The van der Waals surface area contributed by atoms with Gasteiger partial charge in [0.1, 0.15) is 11.6 Å². The van der Waals surface area contributed by atoms with E-state index in [1.54, 1.807) is 36.4 Å². The summed E-state index contributed by atoms with van der Waals surface area (Å²) in [6, 6.07) is 17.1. The summed E-state index contributed by atoms with van der Waals surface area (Å²) in [5.41, 5.74) is 2.35. The predicted molar refractivity (Wildman–Crippen MR) is 120 cm³/mol. The molecule has 0 bridgehead atoms. The number of nitrogens with one attached hydrogen (secondary N) is 1. The molecule has 0 radical (unpaired) electrons. The number of ether oxygens (including phenoxy) is 1. The zero-order valence-corrected chi connectivity index (χ0v) is 18.5. The van der Waals surface area contributed by atoms with E-state index in [2.05, 4.69) is 5.32 Å². The number of fused-ring (bicyclic) bond motifs is 1. The van der Waals surface area contributed by atoms with Gasteiger partial charge in [0.2, 0.25) is 10.0 Å². The van der Waals surface area contributed by atoms with Crippen molar-refractivity contribution in [3.63, 3.8) is 0 Å². The molecule has 0 aliphatic carbocycles. The topological polar surface area (TPSA) is 75.7 Å². The minimum absolute atomic E-state index is 0.0449. The number of hydrogen-bond donors (Lipinski definition) is 1. The van der Waals surface area contributed by atoms with Crippen molar-refractivity contribution in [1.29, 1.82) is 0 Å². The van der Waals surface area contributed by atoms with Gasteiger partial charge in [-0.2, -0.15) is 4.31 Å². The highest BCUT2D eigenvalue weighted by Crippen LogP contribution is 2.27. The minimum Gasteiger partial charge on any atom is -0.482 e. The van der Waals surface area contributed by atoms with Gasteiger partial charge in [0.25, 0.3) is 5.91 Å². The lowest BCUT2D eigenvalue weighted by Gasteiger charge is -2.28. The Morgan fingerprint density at radius 1 is 1.06 bits per heavy atom. The summed E-state index contributed by atoms with van der Waals surface area (Å²) in [4.78, 5) is 12.3. The highest BCUT2D eigenvalue weighted by atomic mass is 35.5. The van der Waals surface area contributed by atoms with E-state index in [1.165, 1.54) is 16.4 Å². The van der Waals surface area contributed by atoms with Crippen LogP contribution in [0.3, 0.4) is 0 Å².